The van der Waals surface area contributed by atoms with Crippen LogP contribution in [0.1, 0.15) is 16.7 Å². The number of phenolic OH excluding ortho intramolecular Hbond substituents is 1. The van der Waals surface area contributed by atoms with E-state index in [0.717, 1.165) is 33.6 Å². The van der Waals surface area contributed by atoms with Crippen LogP contribution >= 0.6 is 0 Å². The lowest BCUT2D eigenvalue weighted by Crippen LogP contribution is -2.35. The standard InChI is InChI=1S/C27H25NO6/c1-31-22-9-6-19(14-23(22)32-2)26-21-15-28(12-11-18(21)13-24-27(26)34-16-33-24)25(30)10-5-17-3-7-20(29)8-4-17/h3-10,13-14,29H,11-12,15-16H2,1-2H3/b10-5+. The Balaban J connectivity index is 1.49. The summed E-state index contributed by atoms with van der Waals surface area (Å²) in [4.78, 5) is 14.8. The molecule has 0 saturated heterocycles. The Bertz CT molecular complexity index is 1270. The predicted octanol–water partition coefficient (Wildman–Crippen LogP) is 4.40. The number of aromatic hydroxyl groups is 1. The first-order chi connectivity index (χ1) is 16.6. The van der Waals surface area contributed by atoms with Crippen molar-refractivity contribution in [2.24, 2.45) is 0 Å². The van der Waals surface area contributed by atoms with Crippen LogP contribution in [-0.2, 0) is 17.8 Å². The van der Waals surface area contributed by atoms with Crippen LogP contribution in [0.3, 0.4) is 0 Å². The van der Waals surface area contributed by atoms with Crippen molar-refractivity contribution in [3.8, 4) is 39.9 Å². The zero-order chi connectivity index (χ0) is 23.7. The Morgan fingerprint density at radius 3 is 2.59 bits per heavy atom. The van der Waals surface area contributed by atoms with Crippen LogP contribution in [-0.4, -0.2) is 43.5 Å². The Labute approximate surface area is 197 Å². The molecular formula is C27H25NO6. The van der Waals surface area contributed by atoms with E-state index in [9.17, 15) is 9.90 Å². The summed E-state index contributed by atoms with van der Waals surface area (Å²) < 4.78 is 22.5. The number of benzene rings is 3. The molecule has 0 unspecified atom stereocenters. The molecule has 3 aromatic rings. The van der Waals surface area contributed by atoms with Crippen molar-refractivity contribution < 1.29 is 28.8 Å². The third kappa shape index (κ3) is 4.01. The summed E-state index contributed by atoms with van der Waals surface area (Å²) in [5.41, 5.74) is 4.84. The molecule has 0 spiro atoms. The van der Waals surface area contributed by atoms with Crippen LogP contribution in [0, 0.1) is 0 Å². The van der Waals surface area contributed by atoms with Gasteiger partial charge in [-0.25, -0.2) is 0 Å². The molecule has 0 fully saturated rings. The van der Waals surface area contributed by atoms with Gasteiger partial charge < -0.3 is 29.0 Å². The van der Waals surface area contributed by atoms with Crippen molar-refractivity contribution in [1.29, 1.82) is 0 Å². The van der Waals surface area contributed by atoms with E-state index in [1.54, 1.807) is 50.6 Å². The van der Waals surface area contributed by atoms with Crippen LogP contribution < -0.4 is 18.9 Å². The van der Waals surface area contributed by atoms with E-state index in [-0.39, 0.29) is 18.4 Å². The van der Waals surface area contributed by atoms with Gasteiger partial charge in [0.1, 0.15) is 5.75 Å². The highest BCUT2D eigenvalue weighted by Crippen LogP contribution is 2.48. The minimum absolute atomic E-state index is 0.0744. The minimum atomic E-state index is -0.0744. The summed E-state index contributed by atoms with van der Waals surface area (Å²) >= 11 is 0. The van der Waals surface area contributed by atoms with Gasteiger partial charge in [-0.05, 0) is 65.1 Å². The second-order valence-corrected chi connectivity index (χ2v) is 8.13. The monoisotopic (exact) mass is 459 g/mol. The highest BCUT2D eigenvalue weighted by molar-refractivity contribution is 5.92. The van der Waals surface area contributed by atoms with Gasteiger partial charge in [0.25, 0.3) is 0 Å². The fourth-order valence-corrected chi connectivity index (χ4v) is 4.41. The van der Waals surface area contributed by atoms with Crippen molar-refractivity contribution in [3.05, 3.63) is 71.3 Å². The predicted molar refractivity (Wildman–Crippen MR) is 127 cm³/mol. The normalized spacial score (nSPS) is 14.2. The number of phenols is 1. The van der Waals surface area contributed by atoms with Gasteiger partial charge >= 0.3 is 0 Å². The second-order valence-electron chi connectivity index (χ2n) is 8.13. The van der Waals surface area contributed by atoms with E-state index in [4.69, 9.17) is 18.9 Å². The summed E-state index contributed by atoms with van der Waals surface area (Å²) in [5, 5.41) is 9.45. The average molecular weight is 459 g/mol. The molecule has 5 rings (SSSR count). The van der Waals surface area contributed by atoms with Gasteiger partial charge in [0, 0.05) is 24.7 Å². The zero-order valence-electron chi connectivity index (χ0n) is 19.0. The lowest BCUT2D eigenvalue weighted by molar-refractivity contribution is -0.126. The van der Waals surface area contributed by atoms with Crippen molar-refractivity contribution >= 4 is 12.0 Å². The molecule has 1 N–H and O–H groups in total. The maximum atomic E-state index is 13.0. The first kappa shape index (κ1) is 21.7. The molecule has 3 aromatic carbocycles. The lowest BCUT2D eigenvalue weighted by Gasteiger charge is -2.30. The number of carbonyl (C=O) groups is 1. The highest BCUT2D eigenvalue weighted by atomic mass is 16.7. The maximum Gasteiger partial charge on any atom is 0.246 e. The number of methoxy groups -OCH3 is 2. The van der Waals surface area contributed by atoms with E-state index >= 15 is 0 Å². The van der Waals surface area contributed by atoms with Gasteiger partial charge in [0.15, 0.2) is 23.0 Å². The first-order valence-corrected chi connectivity index (χ1v) is 11.0. The van der Waals surface area contributed by atoms with Crippen LogP contribution in [0.25, 0.3) is 17.2 Å². The average Bonchev–Trinajstić information content (AvgIpc) is 3.34. The number of rotatable bonds is 5. The number of fused-ring (bicyclic) bond motifs is 2. The molecule has 2 aliphatic rings. The topological polar surface area (TPSA) is 77.5 Å². The van der Waals surface area contributed by atoms with E-state index < -0.39 is 0 Å². The third-order valence-corrected chi connectivity index (χ3v) is 6.16. The fourth-order valence-electron chi connectivity index (χ4n) is 4.41. The van der Waals surface area contributed by atoms with Crippen LogP contribution in [0.5, 0.6) is 28.7 Å². The fraction of sp³-hybridized carbons (Fsp3) is 0.222. The first-order valence-electron chi connectivity index (χ1n) is 11.0. The second kappa shape index (κ2) is 9.02. The van der Waals surface area contributed by atoms with Crippen molar-refractivity contribution in [3.63, 3.8) is 0 Å². The molecule has 0 aromatic heterocycles. The molecule has 2 aliphatic heterocycles. The van der Waals surface area contributed by atoms with Crippen molar-refractivity contribution in [2.75, 3.05) is 27.6 Å². The number of ether oxygens (including phenoxy) is 4. The number of carbonyl (C=O) groups excluding carboxylic acids is 1. The zero-order valence-corrected chi connectivity index (χ0v) is 19.0. The van der Waals surface area contributed by atoms with Crippen LogP contribution in [0.2, 0.25) is 0 Å². The summed E-state index contributed by atoms with van der Waals surface area (Å²) in [5.74, 6) is 2.77. The molecule has 7 heteroatoms. The van der Waals surface area contributed by atoms with E-state index in [2.05, 4.69) is 0 Å². The Kier molecular flexibility index (Phi) is 5.76. The molecule has 1 amide bonds. The molecule has 0 radical (unpaired) electrons. The summed E-state index contributed by atoms with van der Waals surface area (Å²) in [6, 6.07) is 14.5. The Hall–Kier alpha value is -4.13. The Morgan fingerprint density at radius 2 is 1.82 bits per heavy atom. The number of hydrogen-bond acceptors (Lipinski definition) is 6. The third-order valence-electron chi connectivity index (χ3n) is 6.16. The summed E-state index contributed by atoms with van der Waals surface area (Å²) in [7, 11) is 3.21. The quantitative estimate of drug-likeness (QED) is 0.570. The number of amides is 1. The molecule has 2 heterocycles. The Morgan fingerprint density at radius 1 is 1.03 bits per heavy atom. The summed E-state index contributed by atoms with van der Waals surface area (Å²) in [6.07, 6.45) is 4.04. The number of nitrogens with zero attached hydrogens (tertiary/aromatic N) is 1. The number of hydrogen-bond donors (Lipinski definition) is 1. The smallest absolute Gasteiger partial charge is 0.246 e. The van der Waals surface area contributed by atoms with E-state index in [1.165, 1.54) is 0 Å². The van der Waals surface area contributed by atoms with Crippen LogP contribution in [0.4, 0.5) is 0 Å². The van der Waals surface area contributed by atoms with Gasteiger partial charge in [0.2, 0.25) is 12.7 Å². The van der Waals surface area contributed by atoms with Crippen LogP contribution in [0.15, 0.2) is 54.6 Å². The van der Waals surface area contributed by atoms with Gasteiger partial charge in [-0.1, -0.05) is 18.2 Å². The largest absolute Gasteiger partial charge is 0.508 e. The van der Waals surface area contributed by atoms with Gasteiger partial charge in [-0.3, -0.25) is 4.79 Å². The van der Waals surface area contributed by atoms with E-state index in [0.29, 0.717) is 36.8 Å². The molecule has 34 heavy (non-hydrogen) atoms. The molecule has 174 valence electrons. The van der Waals surface area contributed by atoms with Crippen molar-refractivity contribution in [2.45, 2.75) is 13.0 Å². The SMILES string of the molecule is COc1ccc(-c2c3c(cc4c2OCO4)CCN(C(=O)/C=C/c2ccc(O)cc2)C3)cc1OC. The molecule has 0 aliphatic carbocycles. The minimum Gasteiger partial charge on any atom is -0.508 e. The maximum absolute atomic E-state index is 13.0. The molecule has 0 atom stereocenters. The van der Waals surface area contributed by atoms with Gasteiger partial charge in [-0.15, -0.1) is 0 Å². The molecular weight excluding hydrogens is 434 g/mol. The van der Waals surface area contributed by atoms with E-state index in [1.807, 2.05) is 29.2 Å². The molecule has 7 nitrogen and oxygen atoms in total. The van der Waals surface area contributed by atoms with Gasteiger partial charge in [0.05, 0.1) is 14.2 Å². The lowest BCUT2D eigenvalue weighted by atomic mass is 9.89. The molecule has 0 saturated carbocycles. The summed E-state index contributed by atoms with van der Waals surface area (Å²) in [6.45, 7) is 1.22. The molecule has 0 bridgehead atoms. The van der Waals surface area contributed by atoms with Crippen molar-refractivity contribution in [1.82, 2.24) is 4.90 Å². The van der Waals surface area contributed by atoms with Gasteiger partial charge in [-0.2, -0.15) is 0 Å². The highest BCUT2D eigenvalue weighted by Gasteiger charge is 2.30.